The first-order chi connectivity index (χ1) is 7.24. The molecule has 2 aromatic rings. The Labute approximate surface area is 85.4 Å². The molecule has 0 saturated carbocycles. The van der Waals surface area contributed by atoms with Gasteiger partial charge >= 0.3 is 6.08 Å². The van der Waals surface area contributed by atoms with E-state index in [-0.39, 0.29) is 5.75 Å². The first kappa shape index (κ1) is 9.39. The van der Waals surface area contributed by atoms with Crippen molar-refractivity contribution in [1.82, 2.24) is 9.97 Å². The zero-order valence-electron chi connectivity index (χ0n) is 7.68. The lowest BCUT2D eigenvalue weighted by atomic mass is 10.3. The van der Waals surface area contributed by atoms with E-state index in [4.69, 9.17) is 0 Å². The Kier molecular flexibility index (Phi) is 2.45. The molecule has 15 heavy (non-hydrogen) atoms. The van der Waals surface area contributed by atoms with Gasteiger partial charge in [-0.1, -0.05) is 6.07 Å². The van der Waals surface area contributed by atoms with Crippen LogP contribution in [0.25, 0.3) is 0 Å². The highest BCUT2D eigenvalue weighted by Crippen LogP contribution is 2.18. The number of benzene rings is 1. The monoisotopic (exact) mass is 205 g/mol. The maximum Gasteiger partial charge on any atom is 0.310 e. The van der Waals surface area contributed by atoms with Crippen molar-refractivity contribution in [2.75, 3.05) is 5.32 Å². The van der Waals surface area contributed by atoms with Crippen LogP contribution >= 0.6 is 0 Å². The second-order valence-electron chi connectivity index (χ2n) is 2.89. The van der Waals surface area contributed by atoms with Crippen LogP contribution in [-0.2, 0) is 0 Å². The van der Waals surface area contributed by atoms with E-state index in [2.05, 4.69) is 15.3 Å². The molecule has 0 aliphatic heterocycles. The predicted molar refractivity (Wildman–Crippen MR) is 53.4 cm³/mol. The minimum Gasteiger partial charge on any atom is -0.508 e. The highest BCUT2D eigenvalue weighted by atomic mass is 19.1. The maximum atomic E-state index is 12.6. The highest BCUT2D eigenvalue weighted by Gasteiger charge is 1.98. The molecular weight excluding hydrogens is 197 g/mol. The van der Waals surface area contributed by atoms with Crippen molar-refractivity contribution < 1.29 is 9.50 Å². The molecule has 0 atom stereocenters. The van der Waals surface area contributed by atoms with Crippen LogP contribution in [-0.4, -0.2) is 15.1 Å². The third-order valence-corrected chi connectivity index (χ3v) is 1.74. The number of phenols is 1. The molecule has 0 spiro atoms. The van der Waals surface area contributed by atoms with Crippen molar-refractivity contribution in [2.24, 2.45) is 0 Å². The summed E-state index contributed by atoms with van der Waals surface area (Å²) in [7, 11) is 0. The molecule has 5 heteroatoms. The second kappa shape index (κ2) is 3.91. The Balaban J connectivity index is 2.22. The number of aromatic hydroxyl groups is 1. The number of nitrogens with one attached hydrogen (secondary N) is 1. The van der Waals surface area contributed by atoms with Gasteiger partial charge in [-0.25, -0.2) is 4.98 Å². The Morgan fingerprint density at radius 1 is 1.27 bits per heavy atom. The van der Waals surface area contributed by atoms with Gasteiger partial charge in [-0.05, 0) is 18.2 Å². The first-order valence-electron chi connectivity index (χ1n) is 4.28. The van der Waals surface area contributed by atoms with E-state index in [1.165, 1.54) is 18.3 Å². The summed E-state index contributed by atoms with van der Waals surface area (Å²) in [4.78, 5) is 6.86. The molecule has 0 saturated heterocycles. The summed E-state index contributed by atoms with van der Waals surface area (Å²) < 4.78 is 12.6. The van der Waals surface area contributed by atoms with E-state index in [0.717, 1.165) is 0 Å². The molecule has 0 aliphatic carbocycles. The summed E-state index contributed by atoms with van der Waals surface area (Å²) in [6.45, 7) is 0. The van der Waals surface area contributed by atoms with Crippen molar-refractivity contribution in [2.45, 2.75) is 0 Å². The van der Waals surface area contributed by atoms with Crippen molar-refractivity contribution in [3.8, 4) is 5.75 Å². The second-order valence-corrected chi connectivity index (χ2v) is 2.89. The number of nitrogens with zero attached hydrogens (tertiary/aromatic N) is 2. The fourth-order valence-corrected chi connectivity index (χ4v) is 1.14. The van der Waals surface area contributed by atoms with Crippen LogP contribution < -0.4 is 5.32 Å². The summed E-state index contributed by atoms with van der Waals surface area (Å²) in [5.74, 6) is 0.475. The molecule has 4 nitrogen and oxygen atoms in total. The zero-order chi connectivity index (χ0) is 10.7. The van der Waals surface area contributed by atoms with Gasteiger partial charge in [-0.3, -0.25) is 0 Å². The lowest BCUT2D eigenvalue weighted by Gasteiger charge is -2.04. The molecule has 0 unspecified atom stereocenters. The largest absolute Gasteiger partial charge is 0.508 e. The van der Waals surface area contributed by atoms with Crippen LogP contribution in [0.4, 0.5) is 15.9 Å². The van der Waals surface area contributed by atoms with Gasteiger partial charge in [0.1, 0.15) is 11.6 Å². The van der Waals surface area contributed by atoms with Crippen molar-refractivity contribution >= 4 is 11.5 Å². The number of halogens is 1. The normalized spacial score (nSPS) is 9.93. The summed E-state index contributed by atoms with van der Waals surface area (Å²) in [5.41, 5.74) is 0.633. The van der Waals surface area contributed by atoms with Gasteiger partial charge in [-0.2, -0.15) is 9.37 Å². The van der Waals surface area contributed by atoms with E-state index in [1.54, 1.807) is 18.2 Å². The fourth-order valence-electron chi connectivity index (χ4n) is 1.14. The molecular formula is C10H8FN3O. The van der Waals surface area contributed by atoms with Gasteiger partial charge < -0.3 is 10.4 Å². The van der Waals surface area contributed by atoms with Gasteiger partial charge in [0.15, 0.2) is 0 Å². The third-order valence-electron chi connectivity index (χ3n) is 1.74. The molecule has 0 fully saturated rings. The number of anilines is 2. The van der Waals surface area contributed by atoms with E-state index >= 15 is 0 Å². The third kappa shape index (κ3) is 2.40. The summed E-state index contributed by atoms with van der Waals surface area (Å²) in [6.07, 6.45) is 0.521. The van der Waals surface area contributed by atoms with Gasteiger partial charge in [0.05, 0.1) is 0 Å². The lowest BCUT2D eigenvalue weighted by molar-refractivity contribution is 0.475. The van der Waals surface area contributed by atoms with Crippen LogP contribution in [0.3, 0.4) is 0 Å². The van der Waals surface area contributed by atoms with E-state index < -0.39 is 6.08 Å². The Morgan fingerprint density at radius 3 is 2.87 bits per heavy atom. The molecule has 0 radical (unpaired) electrons. The molecule has 1 heterocycles. The number of hydrogen-bond donors (Lipinski definition) is 2. The Bertz CT molecular complexity index is 432. The number of phenolic OH excluding ortho intramolecular Hbond substituents is 1. The van der Waals surface area contributed by atoms with Crippen molar-refractivity contribution in [3.05, 3.63) is 42.6 Å². The quantitative estimate of drug-likeness (QED) is 0.737. The average Bonchev–Trinajstić information content (AvgIpc) is 2.17. The number of aromatic nitrogens is 2. The standard InChI is InChI=1S/C10H8FN3O/c11-10-12-5-4-9(14-10)13-7-2-1-3-8(15)6-7/h1-6,15H,(H,12,13,14). The van der Waals surface area contributed by atoms with Crippen molar-refractivity contribution in [1.29, 1.82) is 0 Å². The number of hydrogen-bond acceptors (Lipinski definition) is 4. The summed E-state index contributed by atoms with van der Waals surface area (Å²) >= 11 is 0. The van der Waals surface area contributed by atoms with Gasteiger partial charge in [0, 0.05) is 18.0 Å². The van der Waals surface area contributed by atoms with Gasteiger partial charge in [-0.15, -0.1) is 0 Å². The SMILES string of the molecule is Oc1cccc(Nc2ccnc(F)n2)c1. The lowest BCUT2D eigenvalue weighted by Crippen LogP contribution is -1.96. The summed E-state index contributed by atoms with van der Waals surface area (Å²) in [6, 6.07) is 8.01. The fraction of sp³-hybridized carbons (Fsp3) is 0. The molecule has 0 aliphatic rings. The molecule has 1 aromatic carbocycles. The molecule has 1 aromatic heterocycles. The van der Waals surface area contributed by atoms with Gasteiger partial charge in [0.25, 0.3) is 0 Å². The average molecular weight is 205 g/mol. The Morgan fingerprint density at radius 2 is 2.13 bits per heavy atom. The maximum absolute atomic E-state index is 12.6. The van der Waals surface area contributed by atoms with E-state index in [0.29, 0.717) is 11.5 Å². The highest BCUT2D eigenvalue weighted by molar-refractivity contribution is 5.57. The predicted octanol–water partition coefficient (Wildman–Crippen LogP) is 2.06. The summed E-state index contributed by atoms with van der Waals surface area (Å²) in [5, 5.41) is 12.0. The zero-order valence-corrected chi connectivity index (χ0v) is 7.68. The molecule has 2 rings (SSSR count). The van der Waals surface area contributed by atoms with Crippen LogP contribution in [0.5, 0.6) is 5.75 Å². The molecule has 0 bridgehead atoms. The topological polar surface area (TPSA) is 58.0 Å². The molecule has 0 amide bonds. The van der Waals surface area contributed by atoms with Crippen LogP contribution in [0.1, 0.15) is 0 Å². The molecule has 2 N–H and O–H groups in total. The Hall–Kier alpha value is -2.17. The van der Waals surface area contributed by atoms with Crippen LogP contribution in [0, 0.1) is 6.08 Å². The first-order valence-corrected chi connectivity index (χ1v) is 4.28. The minimum absolute atomic E-state index is 0.134. The van der Waals surface area contributed by atoms with E-state index in [1.807, 2.05) is 0 Å². The van der Waals surface area contributed by atoms with Crippen LogP contribution in [0.2, 0.25) is 0 Å². The number of rotatable bonds is 2. The van der Waals surface area contributed by atoms with Crippen LogP contribution in [0.15, 0.2) is 36.5 Å². The van der Waals surface area contributed by atoms with Crippen molar-refractivity contribution in [3.63, 3.8) is 0 Å². The molecule has 76 valence electrons. The van der Waals surface area contributed by atoms with Gasteiger partial charge in [0.2, 0.25) is 0 Å². The smallest absolute Gasteiger partial charge is 0.310 e. The minimum atomic E-state index is -0.792. The van der Waals surface area contributed by atoms with E-state index in [9.17, 15) is 9.50 Å².